The fourth-order valence-electron chi connectivity index (χ4n) is 3.90. The third-order valence-electron chi connectivity index (χ3n) is 5.57. The van der Waals surface area contributed by atoms with Crippen LogP contribution in [0.5, 0.6) is 0 Å². The Morgan fingerprint density at radius 1 is 1.00 bits per heavy atom. The molecule has 1 aliphatic rings. The maximum atomic E-state index is 13.4. The first-order valence-electron chi connectivity index (χ1n) is 9.77. The van der Waals surface area contributed by atoms with E-state index >= 15 is 0 Å². The third kappa shape index (κ3) is 3.21. The molecule has 6 nitrogen and oxygen atoms in total. The number of hydrogen-bond donors (Lipinski definition) is 0. The number of rotatable bonds is 3. The number of hydrogen-bond acceptors (Lipinski definition) is 4. The van der Waals surface area contributed by atoms with Crippen LogP contribution in [0.1, 0.15) is 10.4 Å². The zero-order valence-corrected chi connectivity index (χ0v) is 16.3. The van der Waals surface area contributed by atoms with Crippen molar-refractivity contribution in [1.29, 1.82) is 0 Å². The van der Waals surface area contributed by atoms with Crippen LogP contribution < -0.4 is 0 Å². The van der Waals surface area contributed by atoms with E-state index in [1.54, 1.807) is 6.26 Å². The molecular weight excluding hydrogens is 364 g/mol. The second-order valence-corrected chi connectivity index (χ2v) is 7.45. The Hall–Kier alpha value is -3.38. The molecule has 146 valence electrons. The summed E-state index contributed by atoms with van der Waals surface area (Å²) in [4.78, 5) is 21.9. The van der Waals surface area contributed by atoms with Crippen molar-refractivity contribution in [3.63, 3.8) is 0 Å². The number of benzene rings is 1. The lowest BCUT2D eigenvalue weighted by Gasteiger charge is -2.32. The summed E-state index contributed by atoms with van der Waals surface area (Å²) in [6.07, 6.45) is 5.06. The van der Waals surface area contributed by atoms with E-state index in [9.17, 15) is 4.79 Å². The third-order valence-corrected chi connectivity index (χ3v) is 5.57. The predicted molar refractivity (Wildman–Crippen MR) is 112 cm³/mol. The minimum Gasteiger partial charge on any atom is -0.451 e. The van der Waals surface area contributed by atoms with Gasteiger partial charge in [0.2, 0.25) is 0 Å². The van der Waals surface area contributed by atoms with Crippen LogP contribution in [0.2, 0.25) is 0 Å². The normalized spacial score (nSPS) is 15.1. The average molecular weight is 386 g/mol. The van der Waals surface area contributed by atoms with Gasteiger partial charge in [0.25, 0.3) is 5.91 Å². The van der Waals surface area contributed by atoms with Crippen LogP contribution in [0.25, 0.3) is 28.0 Å². The number of carbonyl (C=O) groups excluding carboxylic acids is 1. The van der Waals surface area contributed by atoms with E-state index in [0.717, 1.165) is 48.5 Å². The number of amides is 1. The Balaban J connectivity index is 1.64. The molecular formula is C23H22N4O2. The van der Waals surface area contributed by atoms with E-state index in [4.69, 9.17) is 4.42 Å². The van der Waals surface area contributed by atoms with Gasteiger partial charge in [-0.25, -0.2) is 4.98 Å². The number of fused-ring (bicyclic) bond motifs is 1. The van der Waals surface area contributed by atoms with Gasteiger partial charge in [-0.05, 0) is 30.3 Å². The van der Waals surface area contributed by atoms with Gasteiger partial charge in [0.1, 0.15) is 12.0 Å². The van der Waals surface area contributed by atoms with Gasteiger partial charge in [-0.15, -0.1) is 0 Å². The van der Waals surface area contributed by atoms with Crippen molar-refractivity contribution in [3.05, 3.63) is 72.9 Å². The lowest BCUT2D eigenvalue weighted by molar-refractivity contribution is 0.0665. The molecule has 3 aromatic heterocycles. The molecule has 1 saturated heterocycles. The van der Waals surface area contributed by atoms with E-state index in [2.05, 4.69) is 41.3 Å². The molecule has 1 aliphatic heterocycles. The van der Waals surface area contributed by atoms with Crippen molar-refractivity contribution in [3.8, 4) is 22.5 Å². The number of oxazole rings is 1. The van der Waals surface area contributed by atoms with E-state index in [1.165, 1.54) is 6.39 Å². The summed E-state index contributed by atoms with van der Waals surface area (Å²) < 4.78 is 7.29. The highest BCUT2D eigenvalue weighted by Crippen LogP contribution is 2.30. The zero-order valence-electron chi connectivity index (χ0n) is 16.3. The minimum atomic E-state index is 0.0426. The molecule has 0 spiro atoms. The number of pyridine rings is 1. The molecule has 0 N–H and O–H groups in total. The monoisotopic (exact) mass is 386 g/mol. The quantitative estimate of drug-likeness (QED) is 0.539. The molecule has 1 aromatic carbocycles. The molecule has 29 heavy (non-hydrogen) atoms. The van der Waals surface area contributed by atoms with E-state index < -0.39 is 0 Å². The van der Waals surface area contributed by atoms with Crippen molar-refractivity contribution in [2.45, 2.75) is 0 Å². The zero-order chi connectivity index (χ0) is 19.8. The van der Waals surface area contributed by atoms with E-state index in [1.807, 2.05) is 39.6 Å². The molecule has 6 heteroatoms. The topological polar surface area (TPSA) is 54.0 Å². The maximum absolute atomic E-state index is 13.4. The lowest BCUT2D eigenvalue weighted by atomic mass is 10.1. The van der Waals surface area contributed by atoms with Crippen LogP contribution in [0.15, 0.2) is 71.8 Å². The summed E-state index contributed by atoms with van der Waals surface area (Å²) in [5, 5.41) is 0. The Morgan fingerprint density at radius 3 is 2.52 bits per heavy atom. The van der Waals surface area contributed by atoms with Crippen LogP contribution in [-0.4, -0.2) is 58.3 Å². The molecule has 1 amide bonds. The van der Waals surface area contributed by atoms with Gasteiger partial charge in [0.15, 0.2) is 6.39 Å². The number of carbonyl (C=O) groups is 1. The van der Waals surface area contributed by atoms with E-state index in [-0.39, 0.29) is 5.91 Å². The second kappa shape index (κ2) is 7.22. The smallest absolute Gasteiger partial charge is 0.256 e. The molecule has 0 unspecified atom stereocenters. The van der Waals surface area contributed by atoms with Gasteiger partial charge in [0.05, 0.1) is 11.3 Å². The largest absolute Gasteiger partial charge is 0.451 e. The van der Waals surface area contributed by atoms with Crippen molar-refractivity contribution in [1.82, 2.24) is 19.2 Å². The molecule has 4 aromatic rings. The fourth-order valence-corrected chi connectivity index (χ4v) is 3.90. The Bertz CT molecular complexity index is 1140. The van der Waals surface area contributed by atoms with Crippen LogP contribution in [0.3, 0.4) is 0 Å². The van der Waals surface area contributed by atoms with Gasteiger partial charge in [0, 0.05) is 37.9 Å². The Kier molecular flexibility index (Phi) is 4.41. The first kappa shape index (κ1) is 17.7. The van der Waals surface area contributed by atoms with Crippen molar-refractivity contribution in [2.75, 3.05) is 33.2 Å². The van der Waals surface area contributed by atoms with Gasteiger partial charge in [-0.3, -0.25) is 4.79 Å². The molecule has 5 rings (SSSR count). The summed E-state index contributed by atoms with van der Waals surface area (Å²) in [5.41, 5.74) is 5.26. The van der Waals surface area contributed by atoms with Crippen LogP contribution in [0.4, 0.5) is 0 Å². The number of nitrogens with zero attached hydrogens (tertiary/aromatic N) is 4. The van der Waals surface area contributed by atoms with Crippen molar-refractivity contribution in [2.24, 2.45) is 0 Å². The highest BCUT2D eigenvalue weighted by Gasteiger charge is 2.26. The minimum absolute atomic E-state index is 0.0426. The molecule has 4 heterocycles. The molecule has 0 aliphatic carbocycles. The molecule has 1 fully saturated rings. The highest BCUT2D eigenvalue weighted by atomic mass is 16.3. The highest BCUT2D eigenvalue weighted by molar-refractivity contribution is 6.02. The summed E-state index contributed by atoms with van der Waals surface area (Å²) >= 11 is 0. The standard InChI is InChI=1S/C23H22N4O2/c1-25-9-11-26(12-10-25)23(28)20-13-19-8-7-18(17-5-3-2-4-6-17)14-27(19)22(20)21-15-29-16-24-21/h2-8,13-16H,9-12H2,1H3. The van der Waals surface area contributed by atoms with Crippen LogP contribution >= 0.6 is 0 Å². The summed E-state index contributed by atoms with van der Waals surface area (Å²) in [7, 11) is 2.08. The number of aromatic nitrogens is 2. The summed E-state index contributed by atoms with van der Waals surface area (Å²) in [5.74, 6) is 0.0426. The van der Waals surface area contributed by atoms with Crippen LogP contribution in [0, 0.1) is 0 Å². The van der Waals surface area contributed by atoms with Crippen molar-refractivity contribution < 1.29 is 9.21 Å². The predicted octanol–water partition coefficient (Wildman–Crippen LogP) is 3.65. The Labute approximate surface area is 169 Å². The first-order chi connectivity index (χ1) is 14.2. The SMILES string of the molecule is CN1CCN(C(=O)c2cc3ccc(-c4ccccc4)cn3c2-c2cocn2)CC1. The Morgan fingerprint density at radius 2 is 1.79 bits per heavy atom. The average Bonchev–Trinajstić information content (AvgIpc) is 3.41. The van der Waals surface area contributed by atoms with Crippen LogP contribution in [-0.2, 0) is 0 Å². The maximum Gasteiger partial charge on any atom is 0.256 e. The molecule has 0 radical (unpaired) electrons. The summed E-state index contributed by atoms with van der Waals surface area (Å²) in [6, 6.07) is 16.3. The molecule has 0 bridgehead atoms. The first-order valence-corrected chi connectivity index (χ1v) is 9.77. The number of likely N-dealkylation sites (N-methyl/N-ethyl adjacent to an activating group) is 1. The second-order valence-electron chi connectivity index (χ2n) is 7.45. The number of piperazine rings is 1. The van der Waals surface area contributed by atoms with Gasteiger partial charge in [-0.2, -0.15) is 0 Å². The lowest BCUT2D eigenvalue weighted by Crippen LogP contribution is -2.47. The molecule has 0 saturated carbocycles. The van der Waals surface area contributed by atoms with Gasteiger partial charge >= 0.3 is 0 Å². The fraction of sp³-hybridized carbons (Fsp3) is 0.217. The van der Waals surface area contributed by atoms with E-state index in [0.29, 0.717) is 11.3 Å². The molecule has 0 atom stereocenters. The van der Waals surface area contributed by atoms with Crippen molar-refractivity contribution >= 4 is 11.4 Å². The van der Waals surface area contributed by atoms with Gasteiger partial charge in [-0.1, -0.05) is 36.4 Å². The van der Waals surface area contributed by atoms with Gasteiger partial charge < -0.3 is 18.6 Å². The summed E-state index contributed by atoms with van der Waals surface area (Å²) in [6.45, 7) is 3.23.